The lowest BCUT2D eigenvalue weighted by Crippen LogP contribution is -2.24. The highest BCUT2D eigenvalue weighted by atomic mass is 16.5. The third-order valence-electron chi connectivity index (χ3n) is 4.56. The first-order valence-electron chi connectivity index (χ1n) is 8.09. The third-order valence-corrected chi connectivity index (χ3v) is 4.56. The minimum Gasteiger partial charge on any atom is -0.493 e. The average molecular weight is 296 g/mol. The number of aryl methyl sites for hydroxylation is 1. The number of ether oxygens (including phenoxy) is 1. The summed E-state index contributed by atoms with van der Waals surface area (Å²) in [4.78, 5) is 6.61. The fraction of sp³-hybridized carbons (Fsp3) is 0.421. The Morgan fingerprint density at radius 2 is 2.23 bits per heavy atom. The predicted molar refractivity (Wildman–Crippen MR) is 89.2 cm³/mol. The van der Waals surface area contributed by atoms with Crippen molar-refractivity contribution in [1.29, 1.82) is 0 Å². The first kappa shape index (κ1) is 15.0. The molecule has 3 nitrogen and oxygen atoms in total. The molecule has 0 fully saturated rings. The summed E-state index contributed by atoms with van der Waals surface area (Å²) in [6.07, 6.45) is 7.13. The molecule has 0 amide bonds. The van der Waals surface area contributed by atoms with Gasteiger partial charge in [-0.2, -0.15) is 0 Å². The van der Waals surface area contributed by atoms with Gasteiger partial charge in [-0.05, 0) is 62.2 Å². The van der Waals surface area contributed by atoms with Crippen LogP contribution in [0.15, 0.2) is 42.7 Å². The predicted octanol–water partition coefficient (Wildman–Crippen LogP) is 3.64. The van der Waals surface area contributed by atoms with E-state index < -0.39 is 0 Å². The molecule has 3 rings (SSSR count). The molecular weight excluding hydrogens is 272 g/mol. The average Bonchev–Trinajstić information content (AvgIpc) is 3.02. The molecule has 22 heavy (non-hydrogen) atoms. The standard InChI is InChI=1S/C19H24N2O/c1-15(18-6-3-10-20-14-18)21(2)11-4-5-16-7-8-19-17(13-16)9-12-22-19/h3,6-8,10,13-15H,4-5,9,11-12H2,1-2H3/t15-/m0/s1. The van der Waals surface area contributed by atoms with Crippen LogP contribution in [0.2, 0.25) is 0 Å². The van der Waals surface area contributed by atoms with Crippen LogP contribution < -0.4 is 4.74 Å². The van der Waals surface area contributed by atoms with Gasteiger partial charge in [0, 0.05) is 24.9 Å². The normalized spacial score (nSPS) is 14.7. The fourth-order valence-corrected chi connectivity index (χ4v) is 3.00. The Morgan fingerprint density at radius 1 is 1.32 bits per heavy atom. The molecule has 1 aliphatic heterocycles. The zero-order chi connectivity index (χ0) is 15.4. The molecule has 2 heterocycles. The van der Waals surface area contributed by atoms with E-state index in [0.717, 1.165) is 31.7 Å². The molecule has 0 unspecified atom stereocenters. The van der Waals surface area contributed by atoms with E-state index in [1.807, 2.05) is 18.5 Å². The molecule has 0 aliphatic carbocycles. The highest BCUT2D eigenvalue weighted by Crippen LogP contribution is 2.26. The van der Waals surface area contributed by atoms with Crippen LogP contribution in [-0.2, 0) is 12.8 Å². The molecule has 1 aromatic carbocycles. The monoisotopic (exact) mass is 296 g/mol. The lowest BCUT2D eigenvalue weighted by molar-refractivity contribution is 0.258. The van der Waals surface area contributed by atoms with Crippen molar-refractivity contribution in [3.63, 3.8) is 0 Å². The van der Waals surface area contributed by atoms with E-state index >= 15 is 0 Å². The fourth-order valence-electron chi connectivity index (χ4n) is 3.00. The van der Waals surface area contributed by atoms with Crippen molar-refractivity contribution in [3.8, 4) is 5.75 Å². The Labute approximate surface area is 132 Å². The second kappa shape index (κ2) is 6.93. The summed E-state index contributed by atoms with van der Waals surface area (Å²) in [6, 6.07) is 11.2. The molecule has 1 atom stereocenters. The largest absolute Gasteiger partial charge is 0.493 e. The van der Waals surface area contributed by atoms with Crippen LogP contribution in [0, 0.1) is 0 Å². The van der Waals surface area contributed by atoms with Gasteiger partial charge in [-0.25, -0.2) is 0 Å². The molecule has 0 bridgehead atoms. The Balaban J connectivity index is 1.50. The van der Waals surface area contributed by atoms with Crippen LogP contribution >= 0.6 is 0 Å². The highest BCUT2D eigenvalue weighted by Gasteiger charge is 2.13. The lowest BCUT2D eigenvalue weighted by Gasteiger charge is -2.24. The molecule has 0 radical (unpaired) electrons. The van der Waals surface area contributed by atoms with Crippen LogP contribution in [0.4, 0.5) is 0 Å². The minimum atomic E-state index is 0.405. The smallest absolute Gasteiger partial charge is 0.122 e. The highest BCUT2D eigenvalue weighted by molar-refractivity contribution is 5.39. The van der Waals surface area contributed by atoms with Crippen molar-refractivity contribution in [3.05, 3.63) is 59.4 Å². The van der Waals surface area contributed by atoms with Crippen LogP contribution in [0.1, 0.15) is 36.1 Å². The molecule has 0 spiro atoms. The van der Waals surface area contributed by atoms with Crippen molar-refractivity contribution >= 4 is 0 Å². The van der Waals surface area contributed by atoms with Gasteiger partial charge < -0.3 is 4.74 Å². The Morgan fingerprint density at radius 3 is 3.05 bits per heavy atom. The molecule has 0 saturated heterocycles. The van der Waals surface area contributed by atoms with E-state index in [1.165, 1.54) is 23.1 Å². The summed E-state index contributed by atoms with van der Waals surface area (Å²) in [5.41, 5.74) is 4.07. The number of aromatic nitrogens is 1. The molecule has 3 heteroatoms. The third kappa shape index (κ3) is 3.47. The van der Waals surface area contributed by atoms with Crippen LogP contribution in [0.5, 0.6) is 5.75 Å². The molecule has 1 aromatic heterocycles. The van der Waals surface area contributed by atoms with Crippen LogP contribution in [0.3, 0.4) is 0 Å². The van der Waals surface area contributed by atoms with Crippen molar-refractivity contribution in [2.24, 2.45) is 0 Å². The topological polar surface area (TPSA) is 25.4 Å². The maximum Gasteiger partial charge on any atom is 0.122 e. The molecular formula is C19H24N2O. The van der Waals surface area contributed by atoms with Crippen LogP contribution in [0.25, 0.3) is 0 Å². The number of nitrogens with zero attached hydrogens (tertiary/aromatic N) is 2. The van der Waals surface area contributed by atoms with Crippen molar-refractivity contribution in [2.75, 3.05) is 20.2 Å². The van der Waals surface area contributed by atoms with E-state index in [-0.39, 0.29) is 0 Å². The van der Waals surface area contributed by atoms with Gasteiger partial charge in [0.1, 0.15) is 5.75 Å². The van der Waals surface area contributed by atoms with Gasteiger partial charge in [-0.15, -0.1) is 0 Å². The second-order valence-electron chi connectivity index (χ2n) is 6.09. The number of fused-ring (bicyclic) bond motifs is 1. The summed E-state index contributed by atoms with van der Waals surface area (Å²) in [7, 11) is 2.19. The number of hydrogen-bond acceptors (Lipinski definition) is 3. The first-order valence-corrected chi connectivity index (χ1v) is 8.09. The number of rotatable bonds is 6. The molecule has 0 N–H and O–H groups in total. The van der Waals surface area contributed by atoms with Gasteiger partial charge in [0.05, 0.1) is 6.61 Å². The summed E-state index contributed by atoms with van der Waals surface area (Å²) in [5.74, 6) is 1.08. The van der Waals surface area contributed by atoms with E-state index in [1.54, 1.807) is 0 Å². The summed E-state index contributed by atoms with van der Waals surface area (Å²) >= 11 is 0. The van der Waals surface area contributed by atoms with Crippen molar-refractivity contribution in [2.45, 2.75) is 32.2 Å². The van der Waals surface area contributed by atoms with Crippen LogP contribution in [-0.4, -0.2) is 30.1 Å². The van der Waals surface area contributed by atoms with E-state index in [4.69, 9.17) is 4.74 Å². The number of hydrogen-bond donors (Lipinski definition) is 0. The zero-order valence-corrected chi connectivity index (χ0v) is 13.5. The van der Waals surface area contributed by atoms with E-state index in [9.17, 15) is 0 Å². The summed E-state index contributed by atoms with van der Waals surface area (Å²) < 4.78 is 5.56. The summed E-state index contributed by atoms with van der Waals surface area (Å²) in [6.45, 7) is 4.16. The molecule has 116 valence electrons. The Bertz CT molecular complexity index is 612. The van der Waals surface area contributed by atoms with Gasteiger partial charge in [0.2, 0.25) is 0 Å². The zero-order valence-electron chi connectivity index (χ0n) is 13.5. The molecule has 2 aromatic rings. The van der Waals surface area contributed by atoms with Gasteiger partial charge in [-0.1, -0.05) is 18.2 Å². The minimum absolute atomic E-state index is 0.405. The Hall–Kier alpha value is -1.87. The summed E-state index contributed by atoms with van der Waals surface area (Å²) in [5, 5.41) is 0. The maximum absolute atomic E-state index is 5.56. The lowest BCUT2D eigenvalue weighted by atomic mass is 10.0. The quantitative estimate of drug-likeness (QED) is 0.813. The molecule has 0 saturated carbocycles. The van der Waals surface area contributed by atoms with Crippen molar-refractivity contribution in [1.82, 2.24) is 9.88 Å². The second-order valence-corrected chi connectivity index (χ2v) is 6.09. The van der Waals surface area contributed by atoms with Gasteiger partial charge in [-0.3, -0.25) is 9.88 Å². The SMILES string of the molecule is C[C@@H](c1cccnc1)N(C)CCCc1ccc2c(c1)CCO2. The molecule has 1 aliphatic rings. The van der Waals surface area contributed by atoms with Gasteiger partial charge in [0.15, 0.2) is 0 Å². The maximum atomic E-state index is 5.56. The number of benzene rings is 1. The van der Waals surface area contributed by atoms with E-state index in [2.05, 4.69) is 48.1 Å². The van der Waals surface area contributed by atoms with Crippen molar-refractivity contribution < 1.29 is 4.74 Å². The van der Waals surface area contributed by atoms with Gasteiger partial charge in [0.25, 0.3) is 0 Å². The Kier molecular flexibility index (Phi) is 4.74. The van der Waals surface area contributed by atoms with E-state index in [0.29, 0.717) is 6.04 Å². The first-order chi connectivity index (χ1) is 10.7. The van der Waals surface area contributed by atoms with Gasteiger partial charge >= 0.3 is 0 Å². The number of pyridine rings is 1.